The van der Waals surface area contributed by atoms with Crippen LogP contribution in [0.4, 0.5) is 5.69 Å². The van der Waals surface area contributed by atoms with Crippen molar-refractivity contribution in [2.45, 2.75) is 39.0 Å². The van der Waals surface area contributed by atoms with Crippen LogP contribution in [-0.4, -0.2) is 18.3 Å². The molecule has 0 aliphatic heterocycles. The van der Waals surface area contributed by atoms with Gasteiger partial charge in [-0.15, -0.1) is 0 Å². The van der Waals surface area contributed by atoms with E-state index in [-0.39, 0.29) is 0 Å². The van der Waals surface area contributed by atoms with E-state index >= 15 is 0 Å². The summed E-state index contributed by atoms with van der Waals surface area (Å²) in [4.78, 5) is 0. The van der Waals surface area contributed by atoms with Gasteiger partial charge in [0, 0.05) is 18.8 Å². The summed E-state index contributed by atoms with van der Waals surface area (Å²) < 4.78 is 0. The second-order valence-corrected chi connectivity index (χ2v) is 4.12. The molecule has 0 fully saturated rings. The van der Waals surface area contributed by atoms with Gasteiger partial charge in [-0.3, -0.25) is 0 Å². The Balaban J connectivity index is 2.34. The molecular formula is C14H23NO. The standard InChI is InChI=1S/C14H23NO/c1-2-8-13-9-4-5-10-14(13)15-11-6-3-7-12-16/h4-5,9-10,15-16H,2-3,6-8,11-12H2,1H3. The number of aliphatic hydroxyl groups is 1. The maximum atomic E-state index is 8.68. The minimum Gasteiger partial charge on any atom is -0.396 e. The van der Waals surface area contributed by atoms with E-state index in [9.17, 15) is 0 Å². The van der Waals surface area contributed by atoms with Crippen LogP contribution in [0.1, 0.15) is 38.2 Å². The van der Waals surface area contributed by atoms with E-state index in [0.29, 0.717) is 6.61 Å². The second kappa shape index (κ2) is 8.17. The lowest BCUT2D eigenvalue weighted by molar-refractivity contribution is 0.283. The first kappa shape index (κ1) is 13.0. The van der Waals surface area contributed by atoms with Gasteiger partial charge in [0.25, 0.3) is 0 Å². The van der Waals surface area contributed by atoms with Gasteiger partial charge in [-0.05, 0) is 37.3 Å². The molecule has 0 saturated carbocycles. The van der Waals surface area contributed by atoms with Crippen LogP contribution in [0, 0.1) is 0 Å². The molecular weight excluding hydrogens is 198 g/mol. The fraction of sp³-hybridized carbons (Fsp3) is 0.571. The van der Waals surface area contributed by atoms with Crippen LogP contribution in [0.5, 0.6) is 0 Å². The Kier molecular flexibility index (Phi) is 6.66. The Morgan fingerprint density at radius 2 is 1.94 bits per heavy atom. The van der Waals surface area contributed by atoms with Gasteiger partial charge in [0.05, 0.1) is 0 Å². The fourth-order valence-electron chi connectivity index (χ4n) is 1.82. The number of anilines is 1. The highest BCUT2D eigenvalue weighted by Crippen LogP contribution is 2.16. The minimum atomic E-state index is 0.312. The minimum absolute atomic E-state index is 0.312. The molecule has 1 aromatic carbocycles. The Hall–Kier alpha value is -1.02. The first-order chi connectivity index (χ1) is 7.88. The summed E-state index contributed by atoms with van der Waals surface area (Å²) in [6.07, 6.45) is 5.46. The average Bonchev–Trinajstić information content (AvgIpc) is 2.31. The number of hydrogen-bond acceptors (Lipinski definition) is 2. The van der Waals surface area contributed by atoms with E-state index in [1.165, 1.54) is 17.7 Å². The van der Waals surface area contributed by atoms with Gasteiger partial charge in [0.2, 0.25) is 0 Å². The molecule has 1 aromatic rings. The van der Waals surface area contributed by atoms with Crippen molar-refractivity contribution in [3.05, 3.63) is 29.8 Å². The summed E-state index contributed by atoms with van der Waals surface area (Å²) >= 11 is 0. The van der Waals surface area contributed by atoms with Gasteiger partial charge in [-0.2, -0.15) is 0 Å². The summed E-state index contributed by atoms with van der Waals surface area (Å²) in [6.45, 7) is 3.52. The summed E-state index contributed by atoms with van der Waals surface area (Å²) in [7, 11) is 0. The van der Waals surface area contributed by atoms with Gasteiger partial charge in [0.1, 0.15) is 0 Å². The second-order valence-electron chi connectivity index (χ2n) is 4.12. The lowest BCUT2D eigenvalue weighted by Crippen LogP contribution is -2.04. The molecule has 0 aliphatic rings. The molecule has 0 heterocycles. The quantitative estimate of drug-likeness (QED) is 0.661. The Bertz CT molecular complexity index is 286. The zero-order valence-electron chi connectivity index (χ0n) is 10.2. The third-order valence-electron chi connectivity index (χ3n) is 2.69. The van der Waals surface area contributed by atoms with E-state index in [1.54, 1.807) is 0 Å². The van der Waals surface area contributed by atoms with Crippen LogP contribution in [0.15, 0.2) is 24.3 Å². The molecule has 2 N–H and O–H groups in total. The molecule has 1 rings (SSSR count). The molecule has 0 unspecified atom stereocenters. The fourth-order valence-corrected chi connectivity index (χ4v) is 1.82. The van der Waals surface area contributed by atoms with Crippen molar-refractivity contribution >= 4 is 5.69 Å². The highest BCUT2D eigenvalue weighted by molar-refractivity contribution is 5.51. The summed E-state index contributed by atoms with van der Waals surface area (Å²) in [5.41, 5.74) is 2.68. The topological polar surface area (TPSA) is 32.3 Å². The predicted molar refractivity (Wildman–Crippen MR) is 69.9 cm³/mol. The Morgan fingerprint density at radius 3 is 2.69 bits per heavy atom. The van der Waals surface area contributed by atoms with E-state index in [4.69, 9.17) is 5.11 Å². The van der Waals surface area contributed by atoms with E-state index in [0.717, 1.165) is 32.2 Å². The number of aryl methyl sites for hydroxylation is 1. The lowest BCUT2D eigenvalue weighted by atomic mass is 10.1. The van der Waals surface area contributed by atoms with Gasteiger partial charge in [-0.25, -0.2) is 0 Å². The number of benzene rings is 1. The van der Waals surface area contributed by atoms with Crippen LogP contribution in [0.25, 0.3) is 0 Å². The summed E-state index contributed by atoms with van der Waals surface area (Å²) in [5.74, 6) is 0. The van der Waals surface area contributed by atoms with Crippen molar-refractivity contribution in [3.8, 4) is 0 Å². The highest BCUT2D eigenvalue weighted by atomic mass is 16.2. The third-order valence-corrected chi connectivity index (χ3v) is 2.69. The number of nitrogens with one attached hydrogen (secondary N) is 1. The molecule has 90 valence electrons. The van der Waals surface area contributed by atoms with Crippen molar-refractivity contribution in [3.63, 3.8) is 0 Å². The van der Waals surface area contributed by atoms with Crippen LogP contribution in [-0.2, 0) is 6.42 Å². The number of rotatable bonds is 8. The molecule has 0 radical (unpaired) electrons. The number of aliphatic hydroxyl groups excluding tert-OH is 1. The molecule has 0 amide bonds. The van der Waals surface area contributed by atoms with Gasteiger partial charge in [0.15, 0.2) is 0 Å². The van der Waals surface area contributed by atoms with Crippen LogP contribution in [0.3, 0.4) is 0 Å². The lowest BCUT2D eigenvalue weighted by Gasteiger charge is -2.11. The first-order valence-electron chi connectivity index (χ1n) is 6.31. The van der Waals surface area contributed by atoms with Crippen molar-refractivity contribution in [2.75, 3.05) is 18.5 Å². The van der Waals surface area contributed by atoms with E-state index in [2.05, 4.69) is 36.5 Å². The molecule has 0 saturated heterocycles. The zero-order valence-corrected chi connectivity index (χ0v) is 10.2. The molecule has 0 atom stereocenters. The Labute approximate surface area is 98.7 Å². The molecule has 16 heavy (non-hydrogen) atoms. The number of para-hydroxylation sites is 1. The molecule has 0 aromatic heterocycles. The zero-order chi connectivity index (χ0) is 11.6. The van der Waals surface area contributed by atoms with E-state index < -0.39 is 0 Å². The van der Waals surface area contributed by atoms with Gasteiger partial charge >= 0.3 is 0 Å². The summed E-state index contributed by atoms with van der Waals surface area (Å²) in [5, 5.41) is 12.2. The Morgan fingerprint density at radius 1 is 1.12 bits per heavy atom. The highest BCUT2D eigenvalue weighted by Gasteiger charge is 1.99. The summed E-state index contributed by atoms with van der Waals surface area (Å²) in [6, 6.07) is 8.52. The largest absolute Gasteiger partial charge is 0.396 e. The SMILES string of the molecule is CCCc1ccccc1NCCCCCO. The molecule has 0 aliphatic carbocycles. The molecule has 2 nitrogen and oxygen atoms in total. The normalized spacial score (nSPS) is 10.4. The monoisotopic (exact) mass is 221 g/mol. The average molecular weight is 221 g/mol. The van der Waals surface area contributed by atoms with Crippen LogP contribution >= 0.6 is 0 Å². The van der Waals surface area contributed by atoms with Gasteiger partial charge in [-0.1, -0.05) is 31.5 Å². The smallest absolute Gasteiger partial charge is 0.0431 e. The molecule has 0 bridgehead atoms. The molecule has 0 spiro atoms. The first-order valence-corrected chi connectivity index (χ1v) is 6.31. The van der Waals surface area contributed by atoms with Crippen LogP contribution in [0.2, 0.25) is 0 Å². The third kappa shape index (κ3) is 4.67. The van der Waals surface area contributed by atoms with Crippen molar-refractivity contribution in [1.29, 1.82) is 0 Å². The van der Waals surface area contributed by atoms with Crippen molar-refractivity contribution in [1.82, 2.24) is 0 Å². The maximum Gasteiger partial charge on any atom is 0.0431 e. The predicted octanol–water partition coefficient (Wildman–Crippen LogP) is 3.21. The number of hydrogen-bond donors (Lipinski definition) is 2. The van der Waals surface area contributed by atoms with Crippen molar-refractivity contribution < 1.29 is 5.11 Å². The number of unbranched alkanes of at least 4 members (excludes halogenated alkanes) is 2. The van der Waals surface area contributed by atoms with Crippen LogP contribution < -0.4 is 5.32 Å². The van der Waals surface area contributed by atoms with Gasteiger partial charge < -0.3 is 10.4 Å². The van der Waals surface area contributed by atoms with E-state index in [1.807, 2.05) is 0 Å². The van der Waals surface area contributed by atoms with Crippen molar-refractivity contribution in [2.24, 2.45) is 0 Å². The maximum absolute atomic E-state index is 8.68. The molecule has 2 heteroatoms.